The summed E-state index contributed by atoms with van der Waals surface area (Å²) in [6.07, 6.45) is 3.87. The molecule has 5 heteroatoms. The zero-order chi connectivity index (χ0) is 16.7. The average Bonchev–Trinajstić information content (AvgIpc) is 2.50. The maximum absolute atomic E-state index is 10.5. The highest BCUT2D eigenvalue weighted by Crippen LogP contribution is 2.20. The molecule has 0 amide bonds. The van der Waals surface area contributed by atoms with Gasteiger partial charge >= 0.3 is 5.97 Å². The Balaban J connectivity index is 0. The Kier molecular flexibility index (Phi) is 14.1. The molecule has 0 aliphatic rings. The number of hydrogen-bond acceptors (Lipinski definition) is 5. The van der Waals surface area contributed by atoms with Gasteiger partial charge in [-0.1, -0.05) is 32.2 Å². The molecule has 0 atom stereocenters. The van der Waals surface area contributed by atoms with Gasteiger partial charge in [0.2, 0.25) is 0 Å². The van der Waals surface area contributed by atoms with Crippen LogP contribution in [0.4, 0.5) is 0 Å². The number of aliphatic hydroxyl groups is 2. The van der Waals surface area contributed by atoms with Crippen LogP contribution < -0.4 is 0 Å². The van der Waals surface area contributed by atoms with Crippen molar-refractivity contribution in [1.29, 1.82) is 0 Å². The van der Waals surface area contributed by atoms with Crippen molar-refractivity contribution < 1.29 is 24.5 Å². The minimum Gasteiger partial charge on any atom is -0.458 e. The third kappa shape index (κ3) is 11.0. The summed E-state index contributed by atoms with van der Waals surface area (Å²) in [7, 11) is 0. The predicted molar refractivity (Wildman–Crippen MR) is 83.9 cm³/mol. The lowest BCUT2D eigenvalue weighted by molar-refractivity contribution is -0.137. The first-order chi connectivity index (χ1) is 9.92. The van der Waals surface area contributed by atoms with Crippen LogP contribution in [0.5, 0.6) is 0 Å². The van der Waals surface area contributed by atoms with E-state index in [1.54, 1.807) is 13.0 Å². The van der Waals surface area contributed by atoms with Crippen LogP contribution in [0.3, 0.4) is 0 Å². The van der Waals surface area contributed by atoms with E-state index in [1.165, 1.54) is 6.08 Å². The van der Waals surface area contributed by atoms with Gasteiger partial charge in [0.25, 0.3) is 0 Å². The molecule has 0 fully saturated rings. The Hall–Kier alpha value is -1.43. The molecule has 0 aliphatic heterocycles. The SMILES string of the molecule is C=CCOC(=O)C(=C)C.C=CCOCC(CC)(CO)CO. The second-order valence-corrected chi connectivity index (χ2v) is 4.64. The summed E-state index contributed by atoms with van der Waals surface area (Å²) in [5.74, 6) is -0.366. The lowest BCUT2D eigenvalue weighted by Crippen LogP contribution is -2.34. The monoisotopic (exact) mass is 300 g/mol. The molecule has 21 heavy (non-hydrogen) atoms. The lowest BCUT2D eigenvalue weighted by atomic mass is 9.88. The fourth-order valence-corrected chi connectivity index (χ4v) is 1.08. The zero-order valence-corrected chi connectivity index (χ0v) is 13.1. The van der Waals surface area contributed by atoms with Gasteiger partial charge in [-0.2, -0.15) is 0 Å². The standard InChI is InChI=1S/C9H18O3.C7H10O2/c1-3-5-12-8-9(4-2,6-10)7-11;1-4-5-9-7(8)6(2)3/h3,10-11H,1,4-8H2,2H3;4H,1-2,5H2,3H3. The minimum atomic E-state index is -0.483. The van der Waals surface area contributed by atoms with Crippen LogP contribution in [0.1, 0.15) is 20.3 Å². The van der Waals surface area contributed by atoms with Crippen LogP contribution in [0, 0.1) is 5.41 Å². The summed E-state index contributed by atoms with van der Waals surface area (Å²) in [5.41, 5.74) is -0.0694. The Morgan fingerprint density at radius 2 is 1.71 bits per heavy atom. The van der Waals surface area contributed by atoms with Gasteiger partial charge in [0.05, 0.1) is 26.4 Å². The van der Waals surface area contributed by atoms with Crippen molar-refractivity contribution in [3.8, 4) is 0 Å². The second kappa shape index (κ2) is 13.5. The Labute approximate surface area is 127 Å². The molecule has 0 aliphatic carbocycles. The fraction of sp³-hybridized carbons (Fsp3) is 0.562. The molecule has 2 N–H and O–H groups in total. The first-order valence-electron chi connectivity index (χ1n) is 6.76. The number of esters is 1. The Bertz CT molecular complexity index is 310. The first kappa shape index (κ1) is 21.9. The summed E-state index contributed by atoms with van der Waals surface area (Å²) >= 11 is 0. The summed E-state index contributed by atoms with van der Waals surface area (Å²) in [5, 5.41) is 18.0. The van der Waals surface area contributed by atoms with Gasteiger partial charge in [-0.05, 0) is 13.3 Å². The molecule has 0 heterocycles. The van der Waals surface area contributed by atoms with Gasteiger partial charge in [-0.15, -0.1) is 6.58 Å². The Morgan fingerprint density at radius 3 is 2.05 bits per heavy atom. The molecule has 0 unspecified atom stereocenters. The van der Waals surface area contributed by atoms with E-state index in [0.717, 1.165) is 0 Å². The third-order valence-corrected chi connectivity index (χ3v) is 2.75. The summed E-state index contributed by atoms with van der Waals surface area (Å²) < 4.78 is 9.78. The highest BCUT2D eigenvalue weighted by molar-refractivity contribution is 5.86. The largest absolute Gasteiger partial charge is 0.458 e. The highest BCUT2D eigenvalue weighted by Gasteiger charge is 2.26. The van der Waals surface area contributed by atoms with E-state index in [1.807, 2.05) is 6.92 Å². The fourth-order valence-electron chi connectivity index (χ4n) is 1.08. The molecule has 0 saturated carbocycles. The number of rotatable bonds is 10. The van der Waals surface area contributed by atoms with E-state index in [0.29, 0.717) is 25.2 Å². The van der Waals surface area contributed by atoms with Crippen LogP contribution in [0.2, 0.25) is 0 Å². The number of aliphatic hydroxyl groups excluding tert-OH is 2. The molecule has 5 nitrogen and oxygen atoms in total. The topological polar surface area (TPSA) is 76.0 Å². The molecule has 122 valence electrons. The van der Waals surface area contributed by atoms with Crippen molar-refractivity contribution in [3.63, 3.8) is 0 Å². The molecule has 0 spiro atoms. The molecule has 0 saturated heterocycles. The van der Waals surface area contributed by atoms with E-state index in [9.17, 15) is 4.79 Å². The summed E-state index contributed by atoms with van der Waals surface area (Å²) in [6, 6.07) is 0. The van der Waals surface area contributed by atoms with Gasteiger partial charge in [0.15, 0.2) is 0 Å². The molecule has 0 aromatic rings. The van der Waals surface area contributed by atoms with E-state index >= 15 is 0 Å². The minimum absolute atomic E-state index is 0.0445. The zero-order valence-electron chi connectivity index (χ0n) is 13.1. The maximum atomic E-state index is 10.5. The number of carbonyl (C=O) groups is 1. The van der Waals surface area contributed by atoms with Crippen molar-refractivity contribution in [3.05, 3.63) is 37.5 Å². The first-order valence-corrected chi connectivity index (χ1v) is 6.76. The van der Waals surface area contributed by atoms with Gasteiger partial charge in [0.1, 0.15) is 6.61 Å². The molecule has 0 bridgehead atoms. The normalized spacial score (nSPS) is 10.1. The molecular weight excluding hydrogens is 272 g/mol. The summed E-state index contributed by atoms with van der Waals surface area (Å²) in [6.45, 7) is 14.8. The smallest absolute Gasteiger partial charge is 0.333 e. The van der Waals surface area contributed by atoms with Crippen LogP contribution >= 0.6 is 0 Å². The average molecular weight is 300 g/mol. The molecular formula is C16H28O5. The van der Waals surface area contributed by atoms with E-state index in [4.69, 9.17) is 14.9 Å². The van der Waals surface area contributed by atoms with Crippen molar-refractivity contribution in [2.24, 2.45) is 5.41 Å². The van der Waals surface area contributed by atoms with Gasteiger partial charge < -0.3 is 19.7 Å². The van der Waals surface area contributed by atoms with E-state index in [2.05, 4.69) is 24.5 Å². The Morgan fingerprint density at radius 1 is 1.19 bits per heavy atom. The van der Waals surface area contributed by atoms with Gasteiger partial charge in [-0.25, -0.2) is 4.79 Å². The molecule has 0 radical (unpaired) electrons. The highest BCUT2D eigenvalue weighted by atomic mass is 16.5. The van der Waals surface area contributed by atoms with Crippen LogP contribution in [-0.2, 0) is 14.3 Å². The number of carbonyl (C=O) groups excluding carboxylic acids is 1. The van der Waals surface area contributed by atoms with E-state index in [-0.39, 0.29) is 25.8 Å². The van der Waals surface area contributed by atoms with Crippen LogP contribution in [-0.4, -0.2) is 49.2 Å². The van der Waals surface area contributed by atoms with Crippen LogP contribution in [0.15, 0.2) is 37.5 Å². The predicted octanol–water partition coefficient (Wildman–Crippen LogP) is 1.86. The number of ether oxygens (including phenoxy) is 2. The number of hydrogen-bond donors (Lipinski definition) is 2. The quantitative estimate of drug-likeness (QED) is 0.279. The lowest BCUT2D eigenvalue weighted by Gasteiger charge is -2.27. The third-order valence-electron chi connectivity index (χ3n) is 2.75. The second-order valence-electron chi connectivity index (χ2n) is 4.64. The summed E-state index contributed by atoms with van der Waals surface area (Å²) in [4.78, 5) is 10.5. The molecule has 0 rings (SSSR count). The van der Waals surface area contributed by atoms with Crippen molar-refractivity contribution in [2.45, 2.75) is 20.3 Å². The molecule has 0 aromatic carbocycles. The maximum Gasteiger partial charge on any atom is 0.333 e. The van der Waals surface area contributed by atoms with Crippen LogP contribution in [0.25, 0.3) is 0 Å². The van der Waals surface area contributed by atoms with Crippen molar-refractivity contribution in [1.82, 2.24) is 0 Å². The van der Waals surface area contributed by atoms with Crippen molar-refractivity contribution in [2.75, 3.05) is 33.0 Å². The van der Waals surface area contributed by atoms with Crippen molar-refractivity contribution >= 4 is 5.97 Å². The molecule has 0 aromatic heterocycles. The van der Waals surface area contributed by atoms with E-state index < -0.39 is 5.41 Å². The van der Waals surface area contributed by atoms with Gasteiger partial charge in [0, 0.05) is 11.0 Å². The van der Waals surface area contributed by atoms with Gasteiger partial charge in [-0.3, -0.25) is 0 Å².